The lowest BCUT2D eigenvalue weighted by molar-refractivity contribution is -0.155. The summed E-state index contributed by atoms with van der Waals surface area (Å²) in [6.45, 7) is 13.4. The molecule has 1 spiro atoms. The predicted molar refractivity (Wildman–Crippen MR) is 143 cm³/mol. The zero-order valence-corrected chi connectivity index (χ0v) is 23.7. The van der Waals surface area contributed by atoms with Crippen LogP contribution in [-0.4, -0.2) is 76.2 Å². The molecule has 0 saturated carbocycles. The van der Waals surface area contributed by atoms with E-state index in [1.807, 2.05) is 45.9 Å². The van der Waals surface area contributed by atoms with E-state index < -0.39 is 41.6 Å². The number of aliphatic hydroxyl groups excluding tert-OH is 1. The van der Waals surface area contributed by atoms with Crippen molar-refractivity contribution in [2.75, 3.05) is 24.7 Å². The van der Waals surface area contributed by atoms with Gasteiger partial charge < -0.3 is 24.4 Å². The van der Waals surface area contributed by atoms with Crippen molar-refractivity contribution in [3.05, 3.63) is 42.0 Å². The first kappa shape index (κ1) is 27.8. The van der Waals surface area contributed by atoms with Gasteiger partial charge in [0.1, 0.15) is 11.6 Å². The number of anilines is 1. The monoisotopic (exact) mass is 576 g/mol. The number of benzene rings is 1. The van der Waals surface area contributed by atoms with E-state index in [1.54, 1.807) is 17.9 Å². The number of para-hydroxylation sites is 1. The van der Waals surface area contributed by atoms with E-state index in [9.17, 15) is 19.5 Å². The molecule has 1 aromatic carbocycles. The summed E-state index contributed by atoms with van der Waals surface area (Å²) < 4.78 is 11.9. The van der Waals surface area contributed by atoms with Gasteiger partial charge >= 0.3 is 5.97 Å². The Bertz CT molecular complexity index is 1070. The van der Waals surface area contributed by atoms with Crippen LogP contribution in [0.1, 0.15) is 38.3 Å². The van der Waals surface area contributed by atoms with Crippen molar-refractivity contribution in [3.8, 4) is 0 Å². The van der Waals surface area contributed by atoms with Crippen LogP contribution in [0.3, 0.4) is 0 Å². The maximum absolute atomic E-state index is 14.7. The predicted octanol–water partition coefficient (Wildman–Crippen LogP) is 3.15. The summed E-state index contributed by atoms with van der Waals surface area (Å²) in [5, 5.41) is 10.4. The number of fused-ring (bicyclic) bond motifs is 1. The van der Waals surface area contributed by atoms with Gasteiger partial charge in [0.25, 0.3) is 5.91 Å². The third-order valence-corrected chi connectivity index (χ3v) is 8.97. The third kappa shape index (κ3) is 4.23. The van der Waals surface area contributed by atoms with Crippen LogP contribution in [0.5, 0.6) is 0 Å². The van der Waals surface area contributed by atoms with Gasteiger partial charge in [-0.25, -0.2) is 0 Å². The summed E-state index contributed by atoms with van der Waals surface area (Å²) in [6, 6.07) is 4.18. The van der Waals surface area contributed by atoms with Crippen molar-refractivity contribution in [2.24, 2.45) is 17.8 Å². The SMILES string of the molecule is C=CCN(C(=O)[C@H]1N([C@@H](CO)C(C)C)C(=O)[C@@H]2[C@@H](C(=O)OCC)[C@@H]3O[C@@]21CC3Br)c1c(C)cccc1C. The van der Waals surface area contributed by atoms with Gasteiger partial charge in [-0.1, -0.05) is 54.1 Å². The van der Waals surface area contributed by atoms with E-state index in [0.717, 1.165) is 16.8 Å². The van der Waals surface area contributed by atoms with Gasteiger partial charge in [0.15, 0.2) is 0 Å². The number of alkyl halides is 1. The second-order valence-corrected chi connectivity index (χ2v) is 11.8. The van der Waals surface area contributed by atoms with Gasteiger partial charge in [-0.3, -0.25) is 14.4 Å². The number of hydrogen-bond donors (Lipinski definition) is 1. The highest BCUT2D eigenvalue weighted by Crippen LogP contribution is 2.61. The molecule has 3 heterocycles. The minimum atomic E-state index is -1.22. The Morgan fingerprint density at radius 2 is 2.00 bits per heavy atom. The maximum Gasteiger partial charge on any atom is 0.312 e. The van der Waals surface area contributed by atoms with Gasteiger partial charge in [-0.2, -0.15) is 0 Å². The summed E-state index contributed by atoms with van der Waals surface area (Å²) in [5.41, 5.74) is 1.38. The number of carbonyl (C=O) groups excluding carboxylic acids is 3. The normalized spacial score (nSPS) is 31.0. The summed E-state index contributed by atoms with van der Waals surface area (Å²) in [6.07, 6.45) is 1.47. The molecule has 3 aliphatic rings. The highest BCUT2D eigenvalue weighted by molar-refractivity contribution is 9.09. The van der Waals surface area contributed by atoms with E-state index in [0.29, 0.717) is 6.42 Å². The largest absolute Gasteiger partial charge is 0.466 e. The Morgan fingerprint density at radius 3 is 2.54 bits per heavy atom. The van der Waals surface area contributed by atoms with Crippen LogP contribution in [-0.2, 0) is 23.9 Å². The summed E-state index contributed by atoms with van der Waals surface area (Å²) in [7, 11) is 0. The lowest BCUT2D eigenvalue weighted by Gasteiger charge is -2.41. The van der Waals surface area contributed by atoms with Gasteiger partial charge in [-0.15, -0.1) is 6.58 Å². The number of hydrogen-bond acceptors (Lipinski definition) is 6. The second kappa shape index (κ2) is 10.5. The van der Waals surface area contributed by atoms with Crippen molar-refractivity contribution in [2.45, 2.75) is 69.7 Å². The van der Waals surface area contributed by atoms with Crippen molar-refractivity contribution >= 4 is 39.4 Å². The van der Waals surface area contributed by atoms with Crippen LogP contribution in [0.4, 0.5) is 5.69 Å². The highest BCUT2D eigenvalue weighted by atomic mass is 79.9. The molecule has 37 heavy (non-hydrogen) atoms. The molecule has 4 rings (SSSR count). The smallest absolute Gasteiger partial charge is 0.312 e. The number of ether oxygens (including phenoxy) is 2. The van der Waals surface area contributed by atoms with Gasteiger partial charge in [0.05, 0.1) is 37.2 Å². The average molecular weight is 578 g/mol. The number of halogens is 1. The van der Waals surface area contributed by atoms with Crippen LogP contribution in [0.25, 0.3) is 0 Å². The molecule has 0 aromatic heterocycles. The van der Waals surface area contributed by atoms with Crippen LogP contribution < -0.4 is 4.90 Å². The Kier molecular flexibility index (Phi) is 7.89. The minimum Gasteiger partial charge on any atom is -0.466 e. The number of rotatable bonds is 9. The number of esters is 1. The van der Waals surface area contributed by atoms with Gasteiger partial charge in [0, 0.05) is 17.1 Å². The molecule has 1 N–H and O–H groups in total. The average Bonchev–Trinajstić information content (AvgIpc) is 3.42. The molecule has 1 unspecified atom stereocenters. The number of nitrogens with zero attached hydrogens (tertiary/aromatic N) is 2. The van der Waals surface area contributed by atoms with E-state index in [2.05, 4.69) is 22.5 Å². The van der Waals surface area contributed by atoms with Crippen molar-refractivity contribution in [1.82, 2.24) is 4.90 Å². The highest BCUT2D eigenvalue weighted by Gasteiger charge is 2.77. The lowest BCUT2D eigenvalue weighted by atomic mass is 9.70. The molecule has 8 nitrogen and oxygen atoms in total. The van der Waals surface area contributed by atoms with Gasteiger partial charge in [-0.05, 0) is 44.2 Å². The van der Waals surface area contributed by atoms with E-state index >= 15 is 0 Å². The minimum absolute atomic E-state index is 0.134. The summed E-state index contributed by atoms with van der Waals surface area (Å²) >= 11 is 3.67. The molecule has 3 fully saturated rings. The maximum atomic E-state index is 14.7. The third-order valence-electron chi connectivity index (χ3n) is 8.12. The Hall–Kier alpha value is -2.23. The van der Waals surface area contributed by atoms with Crippen LogP contribution in [0, 0.1) is 31.6 Å². The van der Waals surface area contributed by atoms with Crippen molar-refractivity contribution < 1.29 is 29.0 Å². The van der Waals surface area contributed by atoms with Crippen LogP contribution in [0.2, 0.25) is 0 Å². The van der Waals surface area contributed by atoms with E-state index in [-0.39, 0.29) is 42.3 Å². The lowest BCUT2D eigenvalue weighted by Crippen LogP contribution is -2.60. The number of likely N-dealkylation sites (tertiary alicyclic amines) is 1. The number of aryl methyl sites for hydroxylation is 2. The Labute approximate surface area is 227 Å². The first-order valence-electron chi connectivity index (χ1n) is 13.0. The fraction of sp³-hybridized carbons (Fsp3) is 0.607. The number of aliphatic hydroxyl groups is 1. The molecular formula is C28H37BrN2O6. The quantitative estimate of drug-likeness (QED) is 0.275. The molecule has 7 atom stereocenters. The molecule has 3 saturated heterocycles. The Morgan fingerprint density at radius 1 is 1.35 bits per heavy atom. The fourth-order valence-electron chi connectivity index (χ4n) is 6.63. The number of amides is 2. The molecular weight excluding hydrogens is 540 g/mol. The number of carbonyl (C=O) groups is 3. The standard InChI is InChI=1S/C28H37BrN2O6/c1-7-12-30(22-16(5)10-9-11-17(22)6)26(34)24-28-13-18(29)23(37-28)20(27(35)36-8-2)21(28)25(33)31(24)19(14-32)15(3)4/h7,9-11,15,18-21,23-24,32H,1,8,12-14H2,2-6H3/t18?,19-,20+,21-,23+,24+,28-/m0/s1. The van der Waals surface area contributed by atoms with Crippen molar-refractivity contribution in [3.63, 3.8) is 0 Å². The molecule has 0 aliphatic carbocycles. The molecule has 202 valence electrons. The van der Waals surface area contributed by atoms with Crippen LogP contribution >= 0.6 is 15.9 Å². The van der Waals surface area contributed by atoms with E-state index in [1.165, 1.54) is 4.90 Å². The molecule has 9 heteroatoms. The fourth-order valence-corrected chi connectivity index (χ4v) is 7.57. The molecule has 3 aliphatic heterocycles. The molecule has 2 bridgehead atoms. The summed E-state index contributed by atoms with van der Waals surface area (Å²) in [4.78, 5) is 44.9. The molecule has 1 aromatic rings. The topological polar surface area (TPSA) is 96.4 Å². The second-order valence-electron chi connectivity index (χ2n) is 10.6. The van der Waals surface area contributed by atoms with Gasteiger partial charge in [0.2, 0.25) is 5.91 Å². The van der Waals surface area contributed by atoms with Crippen molar-refractivity contribution in [1.29, 1.82) is 0 Å². The zero-order chi connectivity index (χ0) is 27.2. The van der Waals surface area contributed by atoms with Crippen LogP contribution in [0.15, 0.2) is 30.9 Å². The first-order chi connectivity index (χ1) is 17.5. The molecule has 2 amide bonds. The molecule has 0 radical (unpaired) electrons. The zero-order valence-electron chi connectivity index (χ0n) is 22.1. The van der Waals surface area contributed by atoms with E-state index in [4.69, 9.17) is 9.47 Å². The summed E-state index contributed by atoms with van der Waals surface area (Å²) in [5.74, 6) is -2.97. The first-order valence-corrected chi connectivity index (χ1v) is 13.9. The Balaban J connectivity index is 1.89.